The Morgan fingerprint density at radius 3 is 2.59 bits per heavy atom. The van der Waals surface area contributed by atoms with Crippen LogP contribution in [0.1, 0.15) is 5.56 Å². The minimum absolute atomic E-state index is 0. The van der Waals surface area contributed by atoms with Crippen LogP contribution in [0.25, 0.3) is 0 Å². The molecule has 0 bridgehead atoms. The zero-order chi connectivity index (χ0) is 18.4. The summed E-state index contributed by atoms with van der Waals surface area (Å²) in [5.74, 6) is 1.52. The predicted octanol–water partition coefficient (Wildman–Crippen LogP) is 3.26. The lowest BCUT2D eigenvalue weighted by Gasteiger charge is -2.38. The van der Waals surface area contributed by atoms with E-state index in [1.807, 2.05) is 37.4 Å². The fourth-order valence-electron chi connectivity index (χ4n) is 3.12. The van der Waals surface area contributed by atoms with E-state index in [1.165, 1.54) is 0 Å². The minimum atomic E-state index is 0. The van der Waals surface area contributed by atoms with E-state index < -0.39 is 0 Å². The number of para-hydroxylation sites is 1. The van der Waals surface area contributed by atoms with E-state index in [0.29, 0.717) is 12.4 Å². The monoisotopic (exact) mass is 501 g/mol. The Morgan fingerprint density at radius 2 is 1.93 bits per heavy atom. The molecule has 6 nitrogen and oxygen atoms in total. The maximum absolute atomic E-state index is 6.32. The van der Waals surface area contributed by atoms with Crippen molar-refractivity contribution in [2.75, 3.05) is 45.2 Å². The summed E-state index contributed by atoms with van der Waals surface area (Å²) in [4.78, 5) is 13.2. The molecule has 27 heavy (non-hydrogen) atoms. The number of anilines is 1. The molecule has 0 saturated carbocycles. The van der Waals surface area contributed by atoms with E-state index in [-0.39, 0.29) is 24.0 Å². The number of hydrogen-bond acceptors (Lipinski definition) is 4. The number of methoxy groups -OCH3 is 1. The predicted molar refractivity (Wildman–Crippen MR) is 122 cm³/mol. The number of hydrogen-bond donors (Lipinski definition) is 1. The highest BCUT2D eigenvalue weighted by Gasteiger charge is 2.21. The van der Waals surface area contributed by atoms with E-state index >= 15 is 0 Å². The maximum Gasteiger partial charge on any atom is 0.218 e. The normalized spacial score (nSPS) is 14.6. The zero-order valence-corrected chi connectivity index (χ0v) is 18.6. The lowest BCUT2D eigenvalue weighted by atomic mass is 10.2. The van der Waals surface area contributed by atoms with E-state index in [1.54, 1.807) is 13.3 Å². The number of rotatable bonds is 4. The topological polar surface area (TPSA) is 53.0 Å². The number of benzene rings is 1. The van der Waals surface area contributed by atoms with Crippen LogP contribution in [0.2, 0.25) is 5.02 Å². The summed E-state index contributed by atoms with van der Waals surface area (Å²) in [7, 11) is 3.44. The first-order valence-electron chi connectivity index (χ1n) is 8.66. The van der Waals surface area contributed by atoms with Gasteiger partial charge in [-0.1, -0.05) is 29.8 Å². The van der Waals surface area contributed by atoms with Gasteiger partial charge >= 0.3 is 0 Å². The molecule has 8 heteroatoms. The number of aliphatic imine (C=N–C) groups is 1. The van der Waals surface area contributed by atoms with Crippen LogP contribution >= 0.6 is 35.6 Å². The zero-order valence-electron chi connectivity index (χ0n) is 15.6. The average molecular weight is 502 g/mol. The van der Waals surface area contributed by atoms with E-state index in [2.05, 4.69) is 31.2 Å². The summed E-state index contributed by atoms with van der Waals surface area (Å²) in [5.41, 5.74) is 2.10. The highest BCUT2D eigenvalue weighted by molar-refractivity contribution is 14.0. The second-order valence-electron chi connectivity index (χ2n) is 6.00. The number of aromatic nitrogens is 1. The van der Waals surface area contributed by atoms with Gasteiger partial charge in [0.2, 0.25) is 5.88 Å². The van der Waals surface area contributed by atoms with Gasteiger partial charge in [0.1, 0.15) is 0 Å². The smallest absolute Gasteiger partial charge is 0.218 e. The third-order valence-electron chi connectivity index (χ3n) is 4.46. The van der Waals surface area contributed by atoms with Gasteiger partial charge in [0.25, 0.3) is 0 Å². The van der Waals surface area contributed by atoms with Gasteiger partial charge in [0.05, 0.1) is 17.8 Å². The SMILES string of the molecule is CN=C(NCc1cccnc1OC)N1CCN(c2ccccc2Cl)CC1.I. The minimum Gasteiger partial charge on any atom is -0.481 e. The van der Waals surface area contributed by atoms with Crippen molar-refractivity contribution < 1.29 is 4.74 Å². The fourth-order valence-corrected chi connectivity index (χ4v) is 3.37. The Bertz CT molecular complexity index is 765. The van der Waals surface area contributed by atoms with Gasteiger partial charge in [0, 0.05) is 51.5 Å². The second-order valence-corrected chi connectivity index (χ2v) is 6.41. The third kappa shape index (κ3) is 5.38. The molecule has 0 spiro atoms. The molecule has 1 aromatic heterocycles. The molecule has 0 aliphatic carbocycles. The molecule has 2 aromatic rings. The molecule has 1 saturated heterocycles. The molecular weight excluding hydrogens is 477 g/mol. The van der Waals surface area contributed by atoms with Crippen LogP contribution in [0, 0.1) is 0 Å². The van der Waals surface area contributed by atoms with Crippen molar-refractivity contribution in [2.45, 2.75) is 6.54 Å². The first kappa shape index (κ1) is 21.6. The van der Waals surface area contributed by atoms with Crippen molar-refractivity contribution in [1.82, 2.24) is 15.2 Å². The number of nitrogens with zero attached hydrogens (tertiary/aromatic N) is 4. The van der Waals surface area contributed by atoms with Crippen LogP contribution in [0.5, 0.6) is 5.88 Å². The van der Waals surface area contributed by atoms with Crippen LogP contribution in [-0.4, -0.2) is 56.2 Å². The Balaban J connectivity index is 0.00000261. The standard InChI is InChI=1S/C19H24ClN5O.HI/c1-21-19(23-14-15-6-5-9-22-18(15)26-2)25-12-10-24(11-13-25)17-8-4-3-7-16(17)20;/h3-9H,10-14H2,1-2H3,(H,21,23);1H. The molecular formula is C19H25ClIN5O. The third-order valence-corrected chi connectivity index (χ3v) is 4.78. The fraction of sp³-hybridized carbons (Fsp3) is 0.368. The average Bonchev–Trinajstić information content (AvgIpc) is 2.70. The van der Waals surface area contributed by atoms with Crippen molar-refractivity contribution in [3.05, 3.63) is 53.2 Å². The molecule has 3 rings (SSSR count). The van der Waals surface area contributed by atoms with Crippen LogP contribution in [-0.2, 0) is 6.54 Å². The van der Waals surface area contributed by atoms with Crippen molar-refractivity contribution in [2.24, 2.45) is 4.99 Å². The van der Waals surface area contributed by atoms with Gasteiger partial charge in [0.15, 0.2) is 5.96 Å². The first-order valence-corrected chi connectivity index (χ1v) is 9.03. The van der Waals surface area contributed by atoms with Gasteiger partial charge < -0.3 is 19.9 Å². The number of pyridine rings is 1. The number of piperazine rings is 1. The summed E-state index contributed by atoms with van der Waals surface area (Å²) >= 11 is 6.32. The van der Waals surface area contributed by atoms with Crippen LogP contribution in [0.3, 0.4) is 0 Å². The molecule has 1 aliphatic heterocycles. The van der Waals surface area contributed by atoms with Gasteiger partial charge in [-0.25, -0.2) is 4.98 Å². The number of nitrogens with one attached hydrogen (secondary N) is 1. The van der Waals surface area contributed by atoms with E-state index in [0.717, 1.165) is 48.4 Å². The van der Waals surface area contributed by atoms with E-state index in [9.17, 15) is 0 Å². The second kappa shape index (κ2) is 10.6. The van der Waals surface area contributed by atoms with Crippen LogP contribution in [0.4, 0.5) is 5.69 Å². The summed E-state index contributed by atoms with van der Waals surface area (Å²) < 4.78 is 5.31. The van der Waals surface area contributed by atoms with Gasteiger partial charge in [-0.2, -0.15) is 0 Å². The highest BCUT2D eigenvalue weighted by atomic mass is 127. The Labute approximate surface area is 182 Å². The molecule has 1 N–H and O–H groups in total. The Morgan fingerprint density at radius 1 is 1.19 bits per heavy atom. The van der Waals surface area contributed by atoms with Gasteiger partial charge in [-0.15, -0.1) is 24.0 Å². The summed E-state index contributed by atoms with van der Waals surface area (Å²) in [6, 6.07) is 11.9. The number of ether oxygens (including phenoxy) is 1. The molecule has 0 radical (unpaired) electrons. The summed E-state index contributed by atoms with van der Waals surface area (Å²) in [5, 5.41) is 4.21. The lowest BCUT2D eigenvalue weighted by molar-refractivity contribution is 0.370. The van der Waals surface area contributed by atoms with Crippen LogP contribution < -0.4 is 15.0 Å². The number of guanidine groups is 1. The highest BCUT2D eigenvalue weighted by Crippen LogP contribution is 2.26. The van der Waals surface area contributed by atoms with Crippen LogP contribution in [0.15, 0.2) is 47.6 Å². The van der Waals surface area contributed by atoms with Crippen molar-refractivity contribution in [1.29, 1.82) is 0 Å². The summed E-state index contributed by atoms with van der Waals surface area (Å²) in [6.45, 7) is 4.19. The quantitative estimate of drug-likeness (QED) is 0.396. The Hall–Kier alpha value is -1.74. The van der Waals surface area contributed by atoms with Gasteiger partial charge in [-0.05, 0) is 18.2 Å². The van der Waals surface area contributed by atoms with Crippen molar-refractivity contribution in [3.8, 4) is 5.88 Å². The molecule has 1 aromatic carbocycles. The molecule has 2 heterocycles. The molecule has 1 aliphatic rings. The molecule has 0 atom stereocenters. The first-order chi connectivity index (χ1) is 12.7. The lowest BCUT2D eigenvalue weighted by Crippen LogP contribution is -2.52. The van der Waals surface area contributed by atoms with Crippen molar-refractivity contribution in [3.63, 3.8) is 0 Å². The van der Waals surface area contributed by atoms with Gasteiger partial charge in [-0.3, -0.25) is 4.99 Å². The summed E-state index contributed by atoms with van der Waals surface area (Å²) in [6.07, 6.45) is 1.73. The maximum atomic E-state index is 6.32. The van der Waals surface area contributed by atoms with Crippen molar-refractivity contribution >= 4 is 47.2 Å². The van der Waals surface area contributed by atoms with E-state index in [4.69, 9.17) is 16.3 Å². The molecule has 1 fully saturated rings. The molecule has 0 unspecified atom stereocenters. The molecule has 146 valence electrons. The molecule has 0 amide bonds. The number of halogens is 2. The largest absolute Gasteiger partial charge is 0.481 e. The Kier molecular flexibility index (Phi) is 8.43.